The summed E-state index contributed by atoms with van der Waals surface area (Å²) in [6.45, 7) is 0. The molecular weight excluding hydrogens is 248 g/mol. The van der Waals surface area contributed by atoms with Crippen LogP contribution in [0.3, 0.4) is 0 Å². The highest BCUT2D eigenvalue weighted by molar-refractivity contribution is 6.36. The van der Waals surface area contributed by atoms with Gasteiger partial charge >= 0.3 is 0 Å². The van der Waals surface area contributed by atoms with Crippen LogP contribution in [-0.2, 0) is 4.79 Å². The third kappa shape index (κ3) is 1.89. The monoisotopic (exact) mass is 256 g/mol. The Bertz CT molecular complexity index is 650. The summed E-state index contributed by atoms with van der Waals surface area (Å²) in [4.78, 5) is 15.9. The average molecular weight is 257 g/mol. The number of fused-ring (bicyclic) bond motifs is 1. The first-order chi connectivity index (χ1) is 8.74. The van der Waals surface area contributed by atoms with Gasteiger partial charge in [-0.05, 0) is 42.0 Å². The summed E-state index contributed by atoms with van der Waals surface area (Å²) in [6.07, 6.45) is 5.22. The number of rotatable bonds is 1. The molecule has 0 bridgehead atoms. The van der Waals surface area contributed by atoms with Gasteiger partial charge in [0.05, 0.1) is 0 Å². The lowest BCUT2D eigenvalue weighted by atomic mass is 10.0. The summed E-state index contributed by atoms with van der Waals surface area (Å²) >= 11 is 5.96. The molecule has 1 aliphatic rings. The van der Waals surface area contributed by atoms with E-state index in [-0.39, 0.29) is 5.91 Å². The minimum absolute atomic E-state index is 0.107. The Hall–Kier alpha value is -2.13. The van der Waals surface area contributed by atoms with Crippen molar-refractivity contribution < 1.29 is 4.79 Å². The Labute approximate surface area is 109 Å². The van der Waals surface area contributed by atoms with E-state index in [1.165, 1.54) is 0 Å². The number of amides is 1. The van der Waals surface area contributed by atoms with Crippen LogP contribution in [0.15, 0.2) is 42.7 Å². The molecule has 0 aliphatic carbocycles. The van der Waals surface area contributed by atoms with E-state index in [9.17, 15) is 4.79 Å². The van der Waals surface area contributed by atoms with Gasteiger partial charge in [0, 0.05) is 34.2 Å². The fourth-order valence-electron chi connectivity index (χ4n) is 1.93. The molecule has 3 rings (SSSR count). The van der Waals surface area contributed by atoms with E-state index in [0.29, 0.717) is 10.6 Å². The van der Waals surface area contributed by atoms with Crippen molar-refractivity contribution in [2.24, 2.45) is 0 Å². The number of carbonyl (C=O) groups excluding carboxylic acids is 1. The van der Waals surface area contributed by atoms with Gasteiger partial charge in [0.1, 0.15) is 0 Å². The Balaban J connectivity index is 2.12. The van der Waals surface area contributed by atoms with Gasteiger partial charge in [-0.15, -0.1) is 0 Å². The number of hydrogen-bond donors (Lipinski definition) is 1. The van der Waals surface area contributed by atoms with Gasteiger partial charge in [-0.1, -0.05) is 11.6 Å². The quantitative estimate of drug-likeness (QED) is 0.796. The topological polar surface area (TPSA) is 42.0 Å². The van der Waals surface area contributed by atoms with Crippen molar-refractivity contribution in [2.75, 3.05) is 5.32 Å². The molecule has 0 radical (unpaired) electrons. The first kappa shape index (κ1) is 11.0. The molecule has 1 aliphatic heterocycles. The molecule has 0 atom stereocenters. The smallest absolute Gasteiger partial charge is 0.256 e. The molecule has 88 valence electrons. The Morgan fingerprint density at radius 3 is 2.72 bits per heavy atom. The molecule has 3 nitrogen and oxygen atoms in total. The Morgan fingerprint density at radius 1 is 1.17 bits per heavy atom. The van der Waals surface area contributed by atoms with E-state index < -0.39 is 0 Å². The molecule has 1 aromatic carbocycles. The van der Waals surface area contributed by atoms with E-state index >= 15 is 0 Å². The molecule has 2 heterocycles. The number of benzene rings is 1. The zero-order valence-corrected chi connectivity index (χ0v) is 10.1. The van der Waals surface area contributed by atoms with Gasteiger partial charge in [-0.2, -0.15) is 0 Å². The highest BCUT2D eigenvalue weighted by Crippen LogP contribution is 2.34. The predicted molar refractivity (Wildman–Crippen MR) is 72.2 cm³/mol. The minimum Gasteiger partial charge on any atom is -0.321 e. The van der Waals surface area contributed by atoms with E-state index in [2.05, 4.69) is 10.3 Å². The summed E-state index contributed by atoms with van der Waals surface area (Å²) in [6, 6.07) is 9.06. The van der Waals surface area contributed by atoms with Crippen LogP contribution in [0, 0.1) is 0 Å². The minimum atomic E-state index is -0.107. The van der Waals surface area contributed by atoms with Crippen LogP contribution >= 0.6 is 11.6 Å². The largest absolute Gasteiger partial charge is 0.321 e. The lowest BCUT2D eigenvalue weighted by molar-refractivity contribution is -0.110. The van der Waals surface area contributed by atoms with Crippen molar-refractivity contribution in [1.29, 1.82) is 0 Å². The SMILES string of the molecule is O=C1Nc2ccc(Cl)cc2C1=Cc1ccncc1. The maximum absolute atomic E-state index is 11.9. The van der Waals surface area contributed by atoms with Gasteiger partial charge in [-0.25, -0.2) is 0 Å². The standard InChI is InChI=1S/C14H9ClN2O/c15-10-1-2-13-11(8-10)12(14(18)17-13)7-9-3-5-16-6-4-9/h1-8H,(H,17,18). The summed E-state index contributed by atoms with van der Waals surface area (Å²) < 4.78 is 0. The summed E-state index contributed by atoms with van der Waals surface area (Å²) in [5.74, 6) is -0.107. The van der Waals surface area contributed by atoms with Crippen LogP contribution in [0.25, 0.3) is 11.6 Å². The number of hydrogen-bond acceptors (Lipinski definition) is 2. The van der Waals surface area contributed by atoms with Gasteiger partial charge in [0.15, 0.2) is 0 Å². The second kappa shape index (κ2) is 4.27. The predicted octanol–water partition coefficient (Wildman–Crippen LogP) is 3.23. The van der Waals surface area contributed by atoms with Gasteiger partial charge < -0.3 is 5.32 Å². The van der Waals surface area contributed by atoms with Gasteiger partial charge in [0.2, 0.25) is 0 Å². The molecule has 0 saturated carbocycles. The first-order valence-electron chi connectivity index (χ1n) is 5.47. The second-order valence-corrected chi connectivity index (χ2v) is 4.42. The summed E-state index contributed by atoms with van der Waals surface area (Å²) in [5, 5.41) is 3.43. The third-order valence-electron chi connectivity index (χ3n) is 2.78. The zero-order chi connectivity index (χ0) is 12.5. The molecule has 18 heavy (non-hydrogen) atoms. The van der Waals surface area contributed by atoms with E-state index in [4.69, 9.17) is 11.6 Å². The van der Waals surface area contributed by atoms with Crippen LogP contribution in [0.2, 0.25) is 5.02 Å². The number of nitrogens with zero attached hydrogens (tertiary/aromatic N) is 1. The highest BCUT2D eigenvalue weighted by Gasteiger charge is 2.23. The number of nitrogens with one attached hydrogen (secondary N) is 1. The molecule has 0 spiro atoms. The zero-order valence-electron chi connectivity index (χ0n) is 9.35. The number of anilines is 1. The number of aromatic nitrogens is 1. The third-order valence-corrected chi connectivity index (χ3v) is 3.02. The molecule has 1 aromatic heterocycles. The van der Waals surface area contributed by atoms with E-state index in [1.807, 2.05) is 24.3 Å². The van der Waals surface area contributed by atoms with Crippen molar-refractivity contribution in [3.63, 3.8) is 0 Å². The second-order valence-electron chi connectivity index (χ2n) is 3.98. The van der Waals surface area contributed by atoms with Crippen molar-refractivity contribution in [1.82, 2.24) is 4.98 Å². The van der Waals surface area contributed by atoms with Crippen molar-refractivity contribution >= 4 is 34.8 Å². The lowest BCUT2D eigenvalue weighted by Gasteiger charge is -1.99. The molecular formula is C14H9ClN2O. The molecule has 0 fully saturated rings. The van der Waals surface area contributed by atoms with Crippen LogP contribution in [-0.4, -0.2) is 10.9 Å². The fourth-order valence-corrected chi connectivity index (χ4v) is 2.10. The lowest BCUT2D eigenvalue weighted by Crippen LogP contribution is -2.03. The van der Waals surface area contributed by atoms with Crippen LogP contribution in [0.4, 0.5) is 5.69 Å². The highest BCUT2D eigenvalue weighted by atomic mass is 35.5. The maximum atomic E-state index is 11.9. The van der Waals surface area contributed by atoms with E-state index in [1.54, 1.807) is 24.5 Å². The molecule has 0 unspecified atom stereocenters. The van der Waals surface area contributed by atoms with E-state index in [0.717, 1.165) is 16.8 Å². The van der Waals surface area contributed by atoms with Gasteiger partial charge in [-0.3, -0.25) is 9.78 Å². The van der Waals surface area contributed by atoms with Crippen molar-refractivity contribution in [3.8, 4) is 0 Å². The fraction of sp³-hybridized carbons (Fsp3) is 0. The molecule has 4 heteroatoms. The van der Waals surface area contributed by atoms with Crippen molar-refractivity contribution in [2.45, 2.75) is 0 Å². The van der Waals surface area contributed by atoms with Crippen LogP contribution in [0.1, 0.15) is 11.1 Å². The Morgan fingerprint density at radius 2 is 1.94 bits per heavy atom. The first-order valence-corrected chi connectivity index (χ1v) is 5.85. The average Bonchev–Trinajstić information content (AvgIpc) is 2.67. The maximum Gasteiger partial charge on any atom is 0.256 e. The Kier molecular flexibility index (Phi) is 2.61. The van der Waals surface area contributed by atoms with Gasteiger partial charge in [0.25, 0.3) is 5.91 Å². The molecule has 0 saturated heterocycles. The molecule has 2 aromatic rings. The number of carbonyl (C=O) groups is 1. The van der Waals surface area contributed by atoms with Crippen LogP contribution < -0.4 is 5.32 Å². The summed E-state index contributed by atoms with van der Waals surface area (Å²) in [7, 11) is 0. The number of halogens is 1. The van der Waals surface area contributed by atoms with Crippen molar-refractivity contribution in [3.05, 3.63) is 58.9 Å². The summed E-state index contributed by atoms with van der Waals surface area (Å²) in [5.41, 5.74) is 3.19. The molecule has 1 N–H and O–H groups in total. The van der Waals surface area contributed by atoms with Crippen LogP contribution in [0.5, 0.6) is 0 Å². The number of pyridine rings is 1. The molecule has 1 amide bonds. The normalized spacial score (nSPS) is 15.6.